The number of nitrogens with zero attached hydrogens (tertiary/aromatic N) is 1. The molecule has 0 bridgehead atoms. The zero-order valence-electron chi connectivity index (χ0n) is 11.3. The summed E-state index contributed by atoms with van der Waals surface area (Å²) in [6.45, 7) is 7.23. The van der Waals surface area contributed by atoms with Crippen molar-refractivity contribution in [3.05, 3.63) is 42.0 Å². The van der Waals surface area contributed by atoms with E-state index in [-0.39, 0.29) is 0 Å². The predicted octanol–water partition coefficient (Wildman–Crippen LogP) is 2.29. The van der Waals surface area contributed by atoms with Crippen LogP contribution >= 0.6 is 12.2 Å². The van der Waals surface area contributed by atoms with Crippen molar-refractivity contribution in [3.63, 3.8) is 0 Å². The average Bonchev–Trinajstić information content (AvgIpc) is 2.34. The lowest BCUT2D eigenvalue weighted by atomic mass is 10.2. The molecule has 2 N–H and O–H groups in total. The molecule has 98 valence electrons. The van der Waals surface area contributed by atoms with Gasteiger partial charge in [0.1, 0.15) is 0 Å². The van der Waals surface area contributed by atoms with Gasteiger partial charge in [-0.3, -0.25) is 0 Å². The molecule has 0 saturated carbocycles. The molecular weight excluding hydrogens is 242 g/mol. The number of hydrogen-bond acceptors (Lipinski definition) is 2. The van der Waals surface area contributed by atoms with Crippen LogP contribution in [0.5, 0.6) is 0 Å². The molecule has 18 heavy (non-hydrogen) atoms. The van der Waals surface area contributed by atoms with Crippen LogP contribution in [-0.4, -0.2) is 25.8 Å². The Hall–Kier alpha value is -1.55. The molecule has 0 saturated heterocycles. The standard InChI is InChI=1S/C14H21N3S/c1-11(2)9-15-14(18)16-10-12-5-7-13(8-6-12)17(3)4/h5-8H,1,9-10H2,2-4H3,(H2,15,16,18). The molecule has 1 rings (SSSR count). The van der Waals surface area contributed by atoms with Crippen molar-refractivity contribution in [1.29, 1.82) is 0 Å². The Morgan fingerprint density at radius 2 is 1.83 bits per heavy atom. The first kappa shape index (κ1) is 14.5. The number of nitrogens with one attached hydrogen (secondary N) is 2. The first-order valence-corrected chi connectivity index (χ1v) is 6.32. The van der Waals surface area contributed by atoms with Gasteiger partial charge in [0.05, 0.1) is 0 Å². The number of hydrogen-bond donors (Lipinski definition) is 2. The predicted molar refractivity (Wildman–Crippen MR) is 83.0 cm³/mol. The first-order valence-electron chi connectivity index (χ1n) is 5.91. The highest BCUT2D eigenvalue weighted by atomic mass is 32.1. The van der Waals surface area contributed by atoms with E-state index in [1.165, 1.54) is 11.3 Å². The number of anilines is 1. The highest BCUT2D eigenvalue weighted by Gasteiger charge is 1.98. The molecule has 0 aliphatic heterocycles. The van der Waals surface area contributed by atoms with Gasteiger partial charge in [-0.15, -0.1) is 0 Å². The van der Waals surface area contributed by atoms with Crippen LogP contribution in [0.4, 0.5) is 5.69 Å². The van der Waals surface area contributed by atoms with Crippen LogP contribution < -0.4 is 15.5 Å². The largest absolute Gasteiger partial charge is 0.378 e. The van der Waals surface area contributed by atoms with E-state index in [9.17, 15) is 0 Å². The SMILES string of the molecule is C=C(C)CNC(=S)NCc1ccc(N(C)C)cc1. The van der Waals surface area contributed by atoms with Crippen molar-refractivity contribution >= 4 is 23.0 Å². The molecule has 0 spiro atoms. The van der Waals surface area contributed by atoms with Crippen LogP contribution in [-0.2, 0) is 6.54 Å². The van der Waals surface area contributed by atoms with E-state index in [0.717, 1.165) is 12.1 Å². The second-order valence-corrected chi connectivity index (χ2v) is 4.96. The summed E-state index contributed by atoms with van der Waals surface area (Å²) in [7, 11) is 4.06. The van der Waals surface area contributed by atoms with Gasteiger partial charge in [-0.2, -0.15) is 0 Å². The molecule has 1 aromatic rings. The third-order valence-corrected chi connectivity index (χ3v) is 2.75. The summed E-state index contributed by atoms with van der Waals surface area (Å²) in [5, 5.41) is 6.92. The molecule has 1 aromatic carbocycles. The molecule has 0 radical (unpaired) electrons. The Labute approximate surface area is 115 Å². The van der Waals surface area contributed by atoms with E-state index in [1.54, 1.807) is 0 Å². The van der Waals surface area contributed by atoms with E-state index in [1.807, 2.05) is 21.0 Å². The molecule has 0 aliphatic rings. The Balaban J connectivity index is 2.39. The number of thiocarbonyl (C=S) groups is 1. The minimum absolute atomic E-state index is 0.662. The van der Waals surface area contributed by atoms with Crippen LogP contribution in [0.25, 0.3) is 0 Å². The van der Waals surface area contributed by atoms with E-state index in [2.05, 4.69) is 46.4 Å². The van der Waals surface area contributed by atoms with Gasteiger partial charge in [0.25, 0.3) is 0 Å². The van der Waals surface area contributed by atoms with E-state index in [0.29, 0.717) is 11.7 Å². The minimum atomic E-state index is 0.662. The topological polar surface area (TPSA) is 27.3 Å². The monoisotopic (exact) mass is 263 g/mol. The lowest BCUT2D eigenvalue weighted by Gasteiger charge is -2.14. The highest BCUT2D eigenvalue weighted by molar-refractivity contribution is 7.80. The van der Waals surface area contributed by atoms with E-state index in [4.69, 9.17) is 12.2 Å². The molecule has 0 unspecified atom stereocenters. The van der Waals surface area contributed by atoms with Gasteiger partial charge < -0.3 is 15.5 Å². The van der Waals surface area contributed by atoms with Gasteiger partial charge in [0.15, 0.2) is 5.11 Å². The molecule has 0 atom stereocenters. The van der Waals surface area contributed by atoms with Crippen LogP contribution in [0.1, 0.15) is 12.5 Å². The zero-order valence-corrected chi connectivity index (χ0v) is 12.1. The van der Waals surface area contributed by atoms with Crippen molar-refractivity contribution in [2.45, 2.75) is 13.5 Å². The maximum absolute atomic E-state index is 5.17. The molecule has 0 aliphatic carbocycles. The van der Waals surface area contributed by atoms with Crippen LogP contribution in [0.15, 0.2) is 36.4 Å². The lowest BCUT2D eigenvalue weighted by Crippen LogP contribution is -2.35. The summed E-state index contributed by atoms with van der Waals surface area (Å²) in [4.78, 5) is 2.08. The Morgan fingerprint density at radius 3 is 2.33 bits per heavy atom. The Kier molecular flexibility index (Phi) is 5.65. The summed E-state index contributed by atoms with van der Waals surface area (Å²) in [5.41, 5.74) is 3.47. The maximum Gasteiger partial charge on any atom is 0.166 e. The van der Waals surface area contributed by atoms with Crippen molar-refractivity contribution in [2.75, 3.05) is 25.5 Å². The molecular formula is C14H21N3S. The summed E-state index contributed by atoms with van der Waals surface area (Å²) in [5.74, 6) is 0. The third kappa shape index (κ3) is 5.19. The van der Waals surface area contributed by atoms with E-state index < -0.39 is 0 Å². The molecule has 3 nitrogen and oxygen atoms in total. The van der Waals surface area contributed by atoms with Gasteiger partial charge in [-0.1, -0.05) is 24.3 Å². The lowest BCUT2D eigenvalue weighted by molar-refractivity contribution is 0.861. The van der Waals surface area contributed by atoms with Gasteiger partial charge in [0.2, 0.25) is 0 Å². The molecule has 0 aromatic heterocycles. The average molecular weight is 263 g/mol. The minimum Gasteiger partial charge on any atom is -0.378 e. The fourth-order valence-corrected chi connectivity index (χ4v) is 1.53. The molecule has 0 heterocycles. The number of rotatable bonds is 5. The number of benzene rings is 1. The van der Waals surface area contributed by atoms with Gasteiger partial charge in [-0.05, 0) is 36.8 Å². The second kappa shape index (κ2) is 7.01. The first-order chi connectivity index (χ1) is 8.49. The van der Waals surface area contributed by atoms with E-state index >= 15 is 0 Å². The summed E-state index contributed by atoms with van der Waals surface area (Å²) in [6, 6.07) is 8.40. The highest BCUT2D eigenvalue weighted by Crippen LogP contribution is 2.11. The zero-order chi connectivity index (χ0) is 13.5. The van der Waals surface area contributed by atoms with Crippen molar-refractivity contribution in [2.24, 2.45) is 0 Å². The maximum atomic E-state index is 5.17. The van der Waals surface area contributed by atoms with Gasteiger partial charge >= 0.3 is 0 Å². The fourth-order valence-electron chi connectivity index (χ4n) is 1.39. The Morgan fingerprint density at radius 1 is 1.22 bits per heavy atom. The van der Waals surface area contributed by atoms with Crippen molar-refractivity contribution in [1.82, 2.24) is 10.6 Å². The molecule has 0 amide bonds. The second-order valence-electron chi connectivity index (χ2n) is 4.55. The quantitative estimate of drug-likeness (QED) is 0.629. The summed E-state index contributed by atoms with van der Waals surface area (Å²) in [6.07, 6.45) is 0. The fraction of sp³-hybridized carbons (Fsp3) is 0.357. The molecule has 0 fully saturated rings. The Bertz CT molecular complexity index is 410. The summed E-state index contributed by atoms with van der Waals surface area (Å²) < 4.78 is 0. The normalized spacial score (nSPS) is 9.72. The van der Waals surface area contributed by atoms with Crippen LogP contribution in [0.3, 0.4) is 0 Å². The van der Waals surface area contributed by atoms with Gasteiger partial charge in [0, 0.05) is 32.9 Å². The van der Waals surface area contributed by atoms with Gasteiger partial charge in [-0.25, -0.2) is 0 Å². The summed E-state index contributed by atoms with van der Waals surface area (Å²) >= 11 is 5.17. The molecule has 4 heteroatoms. The third-order valence-electron chi connectivity index (χ3n) is 2.46. The van der Waals surface area contributed by atoms with Crippen molar-refractivity contribution < 1.29 is 0 Å². The van der Waals surface area contributed by atoms with Crippen LogP contribution in [0, 0.1) is 0 Å². The smallest absolute Gasteiger partial charge is 0.166 e. The van der Waals surface area contributed by atoms with Crippen molar-refractivity contribution in [3.8, 4) is 0 Å². The van der Waals surface area contributed by atoms with Crippen LogP contribution in [0.2, 0.25) is 0 Å².